The second-order valence-electron chi connectivity index (χ2n) is 7.56. The van der Waals surface area contributed by atoms with E-state index in [1.807, 2.05) is 0 Å². The van der Waals surface area contributed by atoms with E-state index in [-0.39, 0.29) is 29.1 Å². The van der Waals surface area contributed by atoms with Crippen molar-refractivity contribution in [2.75, 3.05) is 23.9 Å². The highest BCUT2D eigenvalue weighted by molar-refractivity contribution is 7.97. The molecule has 0 saturated carbocycles. The van der Waals surface area contributed by atoms with Crippen LogP contribution in [0.5, 0.6) is 5.75 Å². The Kier molecular flexibility index (Phi) is 6.75. The maximum Gasteiger partial charge on any atom is 0.247 e. The number of halogens is 3. The van der Waals surface area contributed by atoms with E-state index < -0.39 is 17.7 Å². The first-order valence-corrected chi connectivity index (χ1v) is 11.0. The number of pyridine rings is 1. The van der Waals surface area contributed by atoms with Crippen molar-refractivity contribution in [3.05, 3.63) is 77.7 Å². The molecule has 1 saturated heterocycles. The molecule has 2 unspecified atom stereocenters. The molecule has 0 bridgehead atoms. The molecule has 0 radical (unpaired) electrons. The van der Waals surface area contributed by atoms with Crippen LogP contribution < -0.4 is 20.1 Å². The number of hydrogen-bond acceptors (Lipinski definition) is 6. The van der Waals surface area contributed by atoms with Gasteiger partial charge in [-0.3, -0.25) is 9.93 Å². The van der Waals surface area contributed by atoms with Gasteiger partial charge in [0, 0.05) is 24.3 Å². The number of aromatic nitrogens is 1. The number of amides is 1. The summed E-state index contributed by atoms with van der Waals surface area (Å²) in [5.74, 6) is -3.31. The summed E-state index contributed by atoms with van der Waals surface area (Å²) in [6.45, 7) is 0.325. The minimum atomic E-state index is -1.13. The third-order valence-electron chi connectivity index (χ3n) is 5.61. The fourth-order valence-corrected chi connectivity index (χ4v) is 4.36. The number of ether oxygens (including phenoxy) is 1. The Hall–Kier alpha value is -3.24. The average Bonchev–Trinajstić information content (AvgIpc) is 3.26. The highest BCUT2D eigenvalue weighted by Crippen LogP contribution is 2.41. The molecule has 1 fully saturated rings. The van der Waals surface area contributed by atoms with Gasteiger partial charge in [-0.15, -0.1) is 0 Å². The molecule has 3 N–H and O–H groups in total. The predicted octanol–water partition coefficient (Wildman–Crippen LogP) is 4.47. The zero-order chi connectivity index (χ0) is 23.5. The molecule has 33 heavy (non-hydrogen) atoms. The number of carbonyl (C=O) groups is 1. The number of hydrogen-bond donors (Lipinski definition) is 2. The number of anilines is 2. The van der Waals surface area contributed by atoms with Gasteiger partial charge in [0.15, 0.2) is 11.6 Å². The van der Waals surface area contributed by atoms with Gasteiger partial charge in [-0.25, -0.2) is 13.8 Å². The maximum absolute atomic E-state index is 14.4. The number of nitrogens with two attached hydrogens (primary N) is 1. The molecule has 1 amide bonds. The molecule has 6 nitrogen and oxygen atoms in total. The zero-order valence-corrected chi connectivity index (χ0v) is 18.4. The molecule has 10 heteroatoms. The third-order valence-corrected chi connectivity index (χ3v) is 6.08. The molecule has 4 rings (SSSR count). The van der Waals surface area contributed by atoms with E-state index in [2.05, 4.69) is 10.3 Å². The van der Waals surface area contributed by atoms with Crippen molar-refractivity contribution in [1.29, 1.82) is 0 Å². The number of nitrogens with zero attached hydrogens (tertiary/aromatic N) is 2. The minimum Gasteiger partial charge on any atom is -0.491 e. The van der Waals surface area contributed by atoms with Crippen LogP contribution in [0.1, 0.15) is 17.9 Å². The van der Waals surface area contributed by atoms with Crippen LogP contribution in [0.3, 0.4) is 0 Å². The van der Waals surface area contributed by atoms with E-state index in [1.165, 1.54) is 31.5 Å². The van der Waals surface area contributed by atoms with Gasteiger partial charge in [0.25, 0.3) is 0 Å². The Morgan fingerprint density at radius 3 is 2.64 bits per heavy atom. The first-order chi connectivity index (χ1) is 15.9. The van der Waals surface area contributed by atoms with Gasteiger partial charge < -0.3 is 15.0 Å². The first-order valence-electron chi connectivity index (χ1n) is 10.1. The summed E-state index contributed by atoms with van der Waals surface area (Å²) >= 11 is 0.949. The molecule has 2 atom stereocenters. The van der Waals surface area contributed by atoms with Crippen LogP contribution in [0.25, 0.3) is 0 Å². The van der Waals surface area contributed by atoms with Gasteiger partial charge in [-0.05, 0) is 60.3 Å². The Morgan fingerprint density at radius 1 is 1.18 bits per heavy atom. The molecule has 2 heterocycles. The molecule has 2 aromatic carbocycles. The van der Waals surface area contributed by atoms with Gasteiger partial charge in [0.2, 0.25) is 11.7 Å². The lowest BCUT2D eigenvalue weighted by atomic mass is 9.96. The zero-order valence-electron chi connectivity index (χ0n) is 17.6. The van der Waals surface area contributed by atoms with Crippen LogP contribution in [0, 0.1) is 17.5 Å². The minimum absolute atomic E-state index is 0.147. The van der Waals surface area contributed by atoms with Crippen LogP contribution in [0.15, 0.2) is 59.8 Å². The van der Waals surface area contributed by atoms with Crippen molar-refractivity contribution in [3.8, 4) is 5.75 Å². The second-order valence-corrected chi connectivity index (χ2v) is 8.21. The molecular weight excluding hydrogens is 453 g/mol. The monoisotopic (exact) mass is 474 g/mol. The maximum atomic E-state index is 14.4. The normalized spacial score (nSPS) is 17.8. The second kappa shape index (κ2) is 9.72. The van der Waals surface area contributed by atoms with E-state index in [0.29, 0.717) is 23.7 Å². The smallest absolute Gasteiger partial charge is 0.247 e. The van der Waals surface area contributed by atoms with Crippen molar-refractivity contribution in [2.45, 2.75) is 23.4 Å². The Morgan fingerprint density at radius 2 is 1.94 bits per heavy atom. The van der Waals surface area contributed by atoms with Gasteiger partial charge in [0.05, 0.1) is 12.8 Å². The predicted molar refractivity (Wildman–Crippen MR) is 121 cm³/mol. The van der Waals surface area contributed by atoms with Gasteiger partial charge in [-0.2, -0.15) is 4.39 Å². The Balaban J connectivity index is 1.69. The number of carbonyl (C=O) groups excluding carboxylic acids is 1. The Labute approximate surface area is 193 Å². The van der Waals surface area contributed by atoms with Crippen LogP contribution in [-0.2, 0) is 4.79 Å². The summed E-state index contributed by atoms with van der Waals surface area (Å²) < 4.78 is 46.8. The van der Waals surface area contributed by atoms with Crippen molar-refractivity contribution in [2.24, 2.45) is 5.14 Å². The van der Waals surface area contributed by atoms with E-state index in [0.717, 1.165) is 23.6 Å². The molecule has 1 aliphatic rings. The number of methoxy groups -OCH3 is 1. The highest BCUT2D eigenvalue weighted by Gasteiger charge is 2.39. The molecule has 172 valence electrons. The number of nitrogens with one attached hydrogen (secondary N) is 1. The topological polar surface area (TPSA) is 80.5 Å². The number of rotatable bonds is 6. The summed E-state index contributed by atoms with van der Waals surface area (Å²) in [5, 5.41) is 8.92. The van der Waals surface area contributed by atoms with Crippen LogP contribution in [0.2, 0.25) is 0 Å². The molecule has 0 aliphatic carbocycles. The van der Waals surface area contributed by atoms with E-state index >= 15 is 0 Å². The van der Waals surface area contributed by atoms with Gasteiger partial charge >= 0.3 is 0 Å². The van der Waals surface area contributed by atoms with E-state index in [4.69, 9.17) is 9.88 Å². The van der Waals surface area contributed by atoms with Crippen LogP contribution in [0.4, 0.5) is 24.5 Å². The third kappa shape index (κ3) is 4.76. The fourth-order valence-electron chi connectivity index (χ4n) is 4.05. The lowest BCUT2D eigenvalue weighted by molar-refractivity contribution is -0.117. The molecule has 0 spiro atoms. The summed E-state index contributed by atoms with van der Waals surface area (Å²) in [4.78, 5) is 19.1. The summed E-state index contributed by atoms with van der Waals surface area (Å²) in [6.07, 6.45) is 1.90. The lowest BCUT2D eigenvalue weighted by Crippen LogP contribution is -2.40. The van der Waals surface area contributed by atoms with Crippen molar-refractivity contribution >= 4 is 29.2 Å². The first kappa shape index (κ1) is 22.9. The van der Waals surface area contributed by atoms with Crippen LogP contribution in [-0.4, -0.2) is 30.6 Å². The summed E-state index contributed by atoms with van der Waals surface area (Å²) in [5.41, 5.74) is 1.60. The molecule has 1 aliphatic heterocycles. The molecular formula is C23H21F3N4O2S. The van der Waals surface area contributed by atoms with Crippen LogP contribution >= 0.6 is 11.9 Å². The largest absolute Gasteiger partial charge is 0.491 e. The fraction of sp³-hybridized carbons (Fsp3) is 0.217. The summed E-state index contributed by atoms with van der Waals surface area (Å²) in [7, 11) is 1.24. The summed E-state index contributed by atoms with van der Waals surface area (Å²) in [6, 6.07) is 11.0. The molecule has 1 aromatic heterocycles. The quantitative estimate of drug-likeness (QED) is 0.513. The standard InChI is InChI=1S/C23H21F3N4O2S/c1-32-22-18(7-6-17(25)21(22)26)30-12-14(13-2-4-15(24)5-3-13)10-19(30)23(31)29-16-8-9-28-20(11-16)33-27/h2-9,11,14,19H,10,12,27H2,1H3,(H,28,29,31). The van der Waals surface area contributed by atoms with Gasteiger partial charge in [0.1, 0.15) is 16.9 Å². The SMILES string of the molecule is COc1c(N2CC(c3ccc(F)cc3)CC2C(=O)Nc2ccnc(SN)c2)ccc(F)c1F. The van der Waals surface area contributed by atoms with Crippen molar-refractivity contribution in [1.82, 2.24) is 4.98 Å². The number of benzene rings is 2. The van der Waals surface area contributed by atoms with Crippen molar-refractivity contribution < 1.29 is 22.7 Å². The average molecular weight is 475 g/mol. The lowest BCUT2D eigenvalue weighted by Gasteiger charge is -2.27. The highest BCUT2D eigenvalue weighted by atomic mass is 32.2. The van der Waals surface area contributed by atoms with Crippen molar-refractivity contribution in [3.63, 3.8) is 0 Å². The van der Waals surface area contributed by atoms with E-state index in [9.17, 15) is 18.0 Å². The Bertz CT molecular complexity index is 1160. The van der Waals surface area contributed by atoms with Gasteiger partial charge in [-0.1, -0.05) is 12.1 Å². The van der Waals surface area contributed by atoms with E-state index in [1.54, 1.807) is 29.2 Å². The molecule has 3 aromatic rings.